The largest absolute Gasteiger partial charge is 0.493 e. The summed E-state index contributed by atoms with van der Waals surface area (Å²) in [7, 11) is 1.54. The van der Waals surface area contributed by atoms with Gasteiger partial charge in [-0.1, -0.05) is 69.2 Å². The van der Waals surface area contributed by atoms with Gasteiger partial charge in [0, 0.05) is 15.1 Å². The molecule has 0 aliphatic carbocycles. The van der Waals surface area contributed by atoms with Gasteiger partial charge < -0.3 is 18.9 Å². The molecule has 0 saturated carbocycles. The maximum Gasteiger partial charge on any atom is 0.338 e. The van der Waals surface area contributed by atoms with Crippen LogP contribution in [0.5, 0.6) is 17.2 Å². The summed E-state index contributed by atoms with van der Waals surface area (Å²) in [6, 6.07) is 17.7. The Balaban J connectivity index is 1.65. The molecule has 3 aromatic carbocycles. The SMILES string of the molecule is CCOC(=O)C1=C(C)N=c2s/c(=C/c3ccccc3OCc3cccc(Cl)c3)c(=O)n2[C@H]1c1cc(OC)c(OCC)cc1Br. The highest BCUT2D eigenvalue weighted by Gasteiger charge is 2.35. The fourth-order valence-electron chi connectivity index (χ4n) is 4.93. The summed E-state index contributed by atoms with van der Waals surface area (Å²) in [4.78, 5) is 32.7. The zero-order valence-electron chi connectivity index (χ0n) is 24.6. The molecule has 44 heavy (non-hydrogen) atoms. The van der Waals surface area contributed by atoms with Crippen LogP contribution in [0, 0.1) is 0 Å². The van der Waals surface area contributed by atoms with E-state index in [-0.39, 0.29) is 17.7 Å². The first-order chi connectivity index (χ1) is 21.2. The van der Waals surface area contributed by atoms with Crippen molar-refractivity contribution in [3.05, 3.63) is 118 Å². The second-order valence-electron chi connectivity index (χ2n) is 9.72. The van der Waals surface area contributed by atoms with Crippen molar-refractivity contribution >= 4 is 50.9 Å². The van der Waals surface area contributed by atoms with Crippen molar-refractivity contribution in [2.45, 2.75) is 33.4 Å². The molecule has 0 spiro atoms. The Morgan fingerprint density at radius 1 is 1.05 bits per heavy atom. The van der Waals surface area contributed by atoms with Crippen LogP contribution < -0.4 is 29.1 Å². The molecule has 1 atom stereocenters. The Kier molecular flexibility index (Phi) is 9.93. The lowest BCUT2D eigenvalue weighted by Gasteiger charge is -2.26. The molecule has 0 bridgehead atoms. The van der Waals surface area contributed by atoms with Crippen molar-refractivity contribution in [3.63, 3.8) is 0 Å². The minimum Gasteiger partial charge on any atom is -0.493 e. The molecule has 0 fully saturated rings. The second-order valence-corrected chi connectivity index (χ2v) is 12.0. The quantitative estimate of drug-likeness (QED) is 0.184. The van der Waals surface area contributed by atoms with Crippen LogP contribution in [0.15, 0.2) is 86.2 Å². The minimum atomic E-state index is -0.833. The summed E-state index contributed by atoms with van der Waals surface area (Å²) in [5, 5.41) is 0.629. The molecule has 0 saturated heterocycles. The van der Waals surface area contributed by atoms with Gasteiger partial charge in [-0.2, -0.15) is 0 Å². The third-order valence-electron chi connectivity index (χ3n) is 6.88. The van der Waals surface area contributed by atoms with E-state index in [9.17, 15) is 9.59 Å². The number of carbonyl (C=O) groups is 1. The van der Waals surface area contributed by atoms with E-state index in [0.29, 0.717) is 60.6 Å². The normalized spacial score (nSPS) is 14.6. The summed E-state index contributed by atoms with van der Waals surface area (Å²) in [6.07, 6.45) is 1.78. The van der Waals surface area contributed by atoms with Gasteiger partial charge in [-0.15, -0.1) is 0 Å². The first kappa shape index (κ1) is 31.6. The van der Waals surface area contributed by atoms with Crippen molar-refractivity contribution in [1.29, 1.82) is 0 Å². The van der Waals surface area contributed by atoms with Gasteiger partial charge in [-0.05, 0) is 68.3 Å². The van der Waals surface area contributed by atoms with Crippen LogP contribution in [-0.4, -0.2) is 30.9 Å². The molecule has 0 radical (unpaired) electrons. The lowest BCUT2D eigenvalue weighted by molar-refractivity contribution is -0.139. The van der Waals surface area contributed by atoms with Crippen LogP contribution in [0.2, 0.25) is 5.02 Å². The Morgan fingerprint density at radius 2 is 1.84 bits per heavy atom. The zero-order chi connectivity index (χ0) is 31.4. The number of hydrogen-bond acceptors (Lipinski definition) is 8. The molecule has 5 rings (SSSR count). The summed E-state index contributed by atoms with van der Waals surface area (Å²) in [6.45, 7) is 6.28. The predicted molar refractivity (Wildman–Crippen MR) is 174 cm³/mol. The van der Waals surface area contributed by atoms with Crippen molar-refractivity contribution < 1.29 is 23.7 Å². The van der Waals surface area contributed by atoms with Gasteiger partial charge in [-0.25, -0.2) is 9.79 Å². The minimum absolute atomic E-state index is 0.173. The van der Waals surface area contributed by atoms with E-state index in [1.165, 1.54) is 15.9 Å². The Hall–Kier alpha value is -3.86. The van der Waals surface area contributed by atoms with Gasteiger partial charge in [0.25, 0.3) is 5.56 Å². The third-order valence-corrected chi connectivity index (χ3v) is 8.79. The van der Waals surface area contributed by atoms with Crippen molar-refractivity contribution in [2.24, 2.45) is 4.99 Å². The average Bonchev–Trinajstić information content (AvgIpc) is 3.30. The fraction of sp³-hybridized carbons (Fsp3) is 0.242. The van der Waals surface area contributed by atoms with E-state index < -0.39 is 12.0 Å². The van der Waals surface area contributed by atoms with Crippen LogP contribution in [0.25, 0.3) is 6.08 Å². The number of thiazole rings is 1. The number of hydrogen-bond donors (Lipinski definition) is 0. The van der Waals surface area contributed by atoms with E-state index >= 15 is 0 Å². The number of rotatable bonds is 10. The molecule has 1 aliphatic heterocycles. The van der Waals surface area contributed by atoms with E-state index in [0.717, 1.165) is 11.1 Å². The molecular formula is C33H30BrClN2O6S. The summed E-state index contributed by atoms with van der Waals surface area (Å²) in [5.41, 5.74) is 2.69. The number of allylic oxidation sites excluding steroid dienone is 1. The lowest BCUT2D eigenvalue weighted by atomic mass is 9.95. The Morgan fingerprint density at radius 3 is 2.57 bits per heavy atom. The van der Waals surface area contributed by atoms with E-state index in [4.69, 9.17) is 30.5 Å². The van der Waals surface area contributed by atoms with E-state index in [1.807, 2.05) is 55.5 Å². The maximum absolute atomic E-state index is 14.2. The van der Waals surface area contributed by atoms with Gasteiger partial charge in [0.1, 0.15) is 12.4 Å². The Bertz CT molecular complexity index is 1930. The number of fused-ring (bicyclic) bond motifs is 1. The summed E-state index contributed by atoms with van der Waals surface area (Å²) >= 11 is 11.0. The molecule has 1 aromatic heterocycles. The van der Waals surface area contributed by atoms with Crippen LogP contribution in [0.3, 0.4) is 0 Å². The van der Waals surface area contributed by atoms with Crippen molar-refractivity contribution in [3.8, 4) is 17.2 Å². The molecule has 0 amide bonds. The highest BCUT2D eigenvalue weighted by Crippen LogP contribution is 2.41. The fourth-order valence-corrected chi connectivity index (χ4v) is 6.72. The van der Waals surface area contributed by atoms with Gasteiger partial charge in [0.15, 0.2) is 16.3 Å². The van der Waals surface area contributed by atoms with E-state index in [2.05, 4.69) is 20.9 Å². The summed E-state index contributed by atoms with van der Waals surface area (Å²) < 4.78 is 25.5. The number of para-hydroxylation sites is 1. The van der Waals surface area contributed by atoms with Crippen LogP contribution >= 0.6 is 38.9 Å². The second kappa shape index (κ2) is 13.8. The Labute approximate surface area is 272 Å². The molecule has 0 N–H and O–H groups in total. The summed E-state index contributed by atoms with van der Waals surface area (Å²) in [5.74, 6) is 1.06. The molecule has 4 aromatic rings. The predicted octanol–water partition coefficient (Wildman–Crippen LogP) is 6.20. The molecule has 11 heteroatoms. The molecule has 228 valence electrons. The number of aromatic nitrogens is 1. The molecule has 1 aliphatic rings. The number of ether oxygens (including phenoxy) is 4. The zero-order valence-corrected chi connectivity index (χ0v) is 27.7. The number of methoxy groups -OCH3 is 1. The van der Waals surface area contributed by atoms with Crippen LogP contribution in [-0.2, 0) is 16.1 Å². The first-order valence-corrected chi connectivity index (χ1v) is 15.9. The van der Waals surface area contributed by atoms with E-state index in [1.54, 1.807) is 39.2 Å². The monoisotopic (exact) mass is 696 g/mol. The molecule has 0 unspecified atom stereocenters. The maximum atomic E-state index is 14.2. The van der Waals surface area contributed by atoms with Crippen LogP contribution in [0.1, 0.15) is 43.5 Å². The standard InChI is InChI=1S/C33H30BrClN2O6S/c1-5-41-27-17-24(34)23(16-26(27)40-4)30-29(32(39)42-6-2)19(3)36-33-37(30)31(38)28(44-33)15-21-11-7-8-13-25(21)43-18-20-10-9-12-22(35)14-20/h7-17,30H,5-6,18H2,1-4H3/b28-15+/t30-/m0/s1. The lowest BCUT2D eigenvalue weighted by Crippen LogP contribution is -2.40. The number of esters is 1. The number of halogens is 2. The van der Waals surface area contributed by atoms with Gasteiger partial charge in [0.2, 0.25) is 0 Å². The smallest absolute Gasteiger partial charge is 0.338 e. The van der Waals surface area contributed by atoms with Crippen molar-refractivity contribution in [1.82, 2.24) is 4.57 Å². The number of nitrogens with zero attached hydrogens (tertiary/aromatic N) is 2. The molecular weight excluding hydrogens is 668 g/mol. The van der Waals surface area contributed by atoms with Crippen molar-refractivity contribution in [2.75, 3.05) is 20.3 Å². The van der Waals surface area contributed by atoms with Gasteiger partial charge >= 0.3 is 5.97 Å². The number of carbonyl (C=O) groups excluding carboxylic acids is 1. The van der Waals surface area contributed by atoms with Crippen LogP contribution in [0.4, 0.5) is 0 Å². The highest BCUT2D eigenvalue weighted by atomic mass is 79.9. The first-order valence-electron chi connectivity index (χ1n) is 13.9. The highest BCUT2D eigenvalue weighted by molar-refractivity contribution is 9.10. The third kappa shape index (κ3) is 6.47. The van der Waals surface area contributed by atoms with Gasteiger partial charge in [0.05, 0.1) is 42.2 Å². The molecule has 2 heterocycles. The number of benzene rings is 3. The topological polar surface area (TPSA) is 88.4 Å². The average molecular weight is 698 g/mol. The molecule has 8 nitrogen and oxygen atoms in total. The van der Waals surface area contributed by atoms with Gasteiger partial charge in [-0.3, -0.25) is 9.36 Å².